The predicted octanol–water partition coefficient (Wildman–Crippen LogP) is 1.94. The SMILES string of the molecule is Cc1cc(C(=O)N2CCN(Cc3ccc4cn[nH]c4c3)[C@H](C)C2)n[nH]1. The Kier molecular flexibility index (Phi) is 4.01. The summed E-state index contributed by atoms with van der Waals surface area (Å²) in [5.41, 5.74) is 3.73. The molecule has 0 saturated carbocycles. The standard InChI is InChI=1S/C18H22N6O/c1-12-7-17(22-20-12)18(25)24-6-5-23(13(2)10-24)11-14-3-4-15-9-19-21-16(15)8-14/h3-4,7-9,13H,5-6,10-11H2,1-2H3,(H,19,21)(H,20,22)/t13-/m1/s1. The monoisotopic (exact) mass is 338 g/mol. The summed E-state index contributed by atoms with van der Waals surface area (Å²) in [5, 5.41) is 15.1. The molecule has 25 heavy (non-hydrogen) atoms. The Morgan fingerprint density at radius 1 is 1.28 bits per heavy atom. The second-order valence-corrected chi connectivity index (χ2v) is 6.80. The van der Waals surface area contributed by atoms with Crippen LogP contribution in [-0.4, -0.2) is 61.8 Å². The molecule has 7 nitrogen and oxygen atoms in total. The van der Waals surface area contributed by atoms with Gasteiger partial charge in [0.05, 0.1) is 11.7 Å². The van der Waals surface area contributed by atoms with Gasteiger partial charge >= 0.3 is 0 Å². The number of H-pyrrole nitrogens is 2. The van der Waals surface area contributed by atoms with Crippen molar-refractivity contribution in [2.45, 2.75) is 26.4 Å². The van der Waals surface area contributed by atoms with Crippen LogP contribution >= 0.6 is 0 Å². The lowest BCUT2D eigenvalue weighted by Crippen LogP contribution is -2.53. The third kappa shape index (κ3) is 3.15. The topological polar surface area (TPSA) is 80.9 Å². The highest BCUT2D eigenvalue weighted by molar-refractivity contribution is 5.92. The Morgan fingerprint density at radius 3 is 2.92 bits per heavy atom. The van der Waals surface area contributed by atoms with Crippen LogP contribution in [0.4, 0.5) is 0 Å². The first-order valence-electron chi connectivity index (χ1n) is 8.57. The van der Waals surface area contributed by atoms with Gasteiger partial charge < -0.3 is 4.90 Å². The molecule has 1 aliphatic rings. The van der Waals surface area contributed by atoms with Crippen molar-refractivity contribution in [1.82, 2.24) is 30.2 Å². The van der Waals surface area contributed by atoms with Crippen LogP contribution in [0.2, 0.25) is 0 Å². The zero-order chi connectivity index (χ0) is 17.4. The lowest BCUT2D eigenvalue weighted by atomic mass is 10.1. The summed E-state index contributed by atoms with van der Waals surface area (Å²) in [6, 6.07) is 8.50. The van der Waals surface area contributed by atoms with E-state index in [4.69, 9.17) is 0 Å². The molecule has 0 aliphatic carbocycles. The van der Waals surface area contributed by atoms with Crippen LogP contribution in [-0.2, 0) is 6.54 Å². The van der Waals surface area contributed by atoms with E-state index >= 15 is 0 Å². The van der Waals surface area contributed by atoms with E-state index in [1.807, 2.05) is 18.0 Å². The van der Waals surface area contributed by atoms with Gasteiger partial charge in [0.1, 0.15) is 5.69 Å². The largest absolute Gasteiger partial charge is 0.334 e. The van der Waals surface area contributed by atoms with Gasteiger partial charge in [0, 0.05) is 43.3 Å². The molecule has 7 heteroatoms. The smallest absolute Gasteiger partial charge is 0.274 e. The minimum absolute atomic E-state index is 0.00901. The maximum atomic E-state index is 12.6. The van der Waals surface area contributed by atoms with E-state index in [9.17, 15) is 4.79 Å². The van der Waals surface area contributed by atoms with Gasteiger partial charge in [0.25, 0.3) is 5.91 Å². The summed E-state index contributed by atoms with van der Waals surface area (Å²) in [5.74, 6) is 0.00901. The summed E-state index contributed by atoms with van der Waals surface area (Å²) >= 11 is 0. The van der Waals surface area contributed by atoms with Gasteiger partial charge in [0.2, 0.25) is 0 Å². The number of aryl methyl sites for hydroxylation is 1. The van der Waals surface area contributed by atoms with Gasteiger partial charge in [-0.1, -0.05) is 12.1 Å². The van der Waals surface area contributed by atoms with Gasteiger partial charge in [0.15, 0.2) is 0 Å². The molecule has 2 aromatic heterocycles. The molecule has 1 atom stereocenters. The Hall–Kier alpha value is -2.67. The van der Waals surface area contributed by atoms with E-state index in [0.717, 1.165) is 42.8 Å². The summed E-state index contributed by atoms with van der Waals surface area (Å²) in [7, 11) is 0. The first-order valence-corrected chi connectivity index (χ1v) is 8.57. The summed E-state index contributed by atoms with van der Waals surface area (Å²) in [6.07, 6.45) is 1.84. The summed E-state index contributed by atoms with van der Waals surface area (Å²) in [4.78, 5) is 16.9. The lowest BCUT2D eigenvalue weighted by molar-refractivity contribution is 0.0490. The fraction of sp³-hybridized carbons (Fsp3) is 0.389. The number of aromatic amines is 2. The quantitative estimate of drug-likeness (QED) is 0.765. The number of benzene rings is 1. The number of carbonyl (C=O) groups excluding carboxylic acids is 1. The second-order valence-electron chi connectivity index (χ2n) is 6.80. The first-order chi connectivity index (χ1) is 12.1. The van der Waals surface area contributed by atoms with E-state index < -0.39 is 0 Å². The number of aromatic nitrogens is 4. The van der Waals surface area contributed by atoms with Crippen molar-refractivity contribution in [2.75, 3.05) is 19.6 Å². The lowest BCUT2D eigenvalue weighted by Gasteiger charge is -2.39. The number of fused-ring (bicyclic) bond motifs is 1. The molecule has 0 spiro atoms. The van der Waals surface area contributed by atoms with Crippen molar-refractivity contribution >= 4 is 16.8 Å². The number of rotatable bonds is 3. The molecule has 2 N–H and O–H groups in total. The van der Waals surface area contributed by atoms with Crippen molar-refractivity contribution in [3.05, 3.63) is 47.4 Å². The molecule has 1 fully saturated rings. The van der Waals surface area contributed by atoms with Crippen LogP contribution in [0.25, 0.3) is 10.9 Å². The van der Waals surface area contributed by atoms with Crippen LogP contribution in [0, 0.1) is 6.92 Å². The molecule has 1 aromatic carbocycles. The highest BCUT2D eigenvalue weighted by atomic mass is 16.2. The van der Waals surface area contributed by atoms with Crippen LogP contribution in [0.3, 0.4) is 0 Å². The van der Waals surface area contributed by atoms with Crippen LogP contribution < -0.4 is 0 Å². The van der Waals surface area contributed by atoms with Crippen molar-refractivity contribution in [1.29, 1.82) is 0 Å². The van der Waals surface area contributed by atoms with Crippen molar-refractivity contribution in [3.63, 3.8) is 0 Å². The number of amides is 1. The molecule has 1 saturated heterocycles. The zero-order valence-corrected chi connectivity index (χ0v) is 14.5. The Morgan fingerprint density at radius 2 is 2.16 bits per heavy atom. The second kappa shape index (κ2) is 6.33. The third-order valence-corrected chi connectivity index (χ3v) is 4.87. The number of hydrogen-bond acceptors (Lipinski definition) is 4. The molecule has 3 aromatic rings. The molecular formula is C18H22N6O. The average molecular weight is 338 g/mol. The first kappa shape index (κ1) is 15.8. The molecular weight excluding hydrogens is 316 g/mol. The Balaban J connectivity index is 1.41. The van der Waals surface area contributed by atoms with E-state index in [0.29, 0.717) is 11.7 Å². The van der Waals surface area contributed by atoms with Crippen molar-refractivity contribution in [2.24, 2.45) is 0 Å². The molecule has 3 heterocycles. The number of nitrogens with one attached hydrogen (secondary N) is 2. The number of nitrogens with zero attached hydrogens (tertiary/aromatic N) is 4. The fourth-order valence-electron chi connectivity index (χ4n) is 3.42. The molecule has 0 unspecified atom stereocenters. The maximum Gasteiger partial charge on any atom is 0.274 e. The Labute approximate surface area is 146 Å². The minimum atomic E-state index is 0.00901. The zero-order valence-electron chi connectivity index (χ0n) is 14.5. The third-order valence-electron chi connectivity index (χ3n) is 4.87. The highest BCUT2D eigenvalue weighted by Gasteiger charge is 2.28. The van der Waals surface area contributed by atoms with Gasteiger partial charge in [-0.05, 0) is 31.5 Å². The highest BCUT2D eigenvalue weighted by Crippen LogP contribution is 2.18. The molecule has 0 radical (unpaired) electrons. The average Bonchev–Trinajstić information content (AvgIpc) is 3.24. The van der Waals surface area contributed by atoms with Gasteiger partial charge in [-0.2, -0.15) is 10.2 Å². The maximum absolute atomic E-state index is 12.6. The van der Waals surface area contributed by atoms with Crippen molar-refractivity contribution in [3.8, 4) is 0 Å². The molecule has 130 valence electrons. The number of hydrogen-bond donors (Lipinski definition) is 2. The summed E-state index contributed by atoms with van der Waals surface area (Å²) < 4.78 is 0. The molecule has 0 bridgehead atoms. The Bertz CT molecular complexity index is 898. The van der Waals surface area contributed by atoms with E-state index in [1.54, 1.807) is 6.07 Å². The molecule has 4 rings (SSSR count). The van der Waals surface area contributed by atoms with Gasteiger partial charge in [-0.3, -0.25) is 19.9 Å². The van der Waals surface area contributed by atoms with Crippen LogP contribution in [0.5, 0.6) is 0 Å². The van der Waals surface area contributed by atoms with Crippen molar-refractivity contribution < 1.29 is 4.79 Å². The van der Waals surface area contributed by atoms with Crippen LogP contribution in [0.15, 0.2) is 30.5 Å². The normalized spacial score (nSPS) is 18.8. The van der Waals surface area contributed by atoms with Gasteiger partial charge in [-0.15, -0.1) is 0 Å². The summed E-state index contributed by atoms with van der Waals surface area (Å²) in [6.45, 7) is 7.25. The minimum Gasteiger partial charge on any atom is -0.334 e. The number of piperazine rings is 1. The number of carbonyl (C=O) groups is 1. The van der Waals surface area contributed by atoms with E-state index in [-0.39, 0.29) is 5.91 Å². The molecule has 1 amide bonds. The van der Waals surface area contributed by atoms with E-state index in [1.165, 1.54) is 5.56 Å². The van der Waals surface area contributed by atoms with Gasteiger partial charge in [-0.25, -0.2) is 0 Å². The fourth-order valence-corrected chi connectivity index (χ4v) is 3.42. The molecule has 1 aliphatic heterocycles. The predicted molar refractivity (Wildman–Crippen MR) is 95.2 cm³/mol. The van der Waals surface area contributed by atoms with E-state index in [2.05, 4.69) is 50.4 Å². The van der Waals surface area contributed by atoms with Crippen LogP contribution in [0.1, 0.15) is 28.7 Å².